The summed E-state index contributed by atoms with van der Waals surface area (Å²) in [6.07, 6.45) is 0.878. The van der Waals surface area contributed by atoms with E-state index in [1.165, 1.54) is 34.9 Å². The fraction of sp³-hybridized carbons (Fsp3) is 0.524. The number of benzene rings is 1. The van der Waals surface area contributed by atoms with Crippen molar-refractivity contribution in [3.63, 3.8) is 0 Å². The third-order valence-electron chi connectivity index (χ3n) is 5.15. The maximum absolute atomic E-state index is 12.8. The van der Waals surface area contributed by atoms with Gasteiger partial charge in [-0.2, -0.15) is 4.31 Å². The fourth-order valence-corrected chi connectivity index (χ4v) is 5.76. The van der Waals surface area contributed by atoms with Crippen molar-refractivity contribution in [3.05, 3.63) is 29.3 Å². The van der Waals surface area contributed by atoms with E-state index in [4.69, 9.17) is 4.74 Å². The highest BCUT2D eigenvalue weighted by Gasteiger charge is 2.30. The molecule has 1 N–H and O–H groups in total. The van der Waals surface area contributed by atoms with Gasteiger partial charge in [0.1, 0.15) is 10.8 Å². The Labute approximate surface area is 198 Å². The Kier molecular flexibility index (Phi) is 8.38. The number of sulfonamides is 1. The van der Waals surface area contributed by atoms with Crippen molar-refractivity contribution >= 4 is 38.3 Å². The van der Waals surface area contributed by atoms with Crippen molar-refractivity contribution in [1.29, 1.82) is 0 Å². The molecule has 0 unspecified atom stereocenters. The lowest BCUT2D eigenvalue weighted by Crippen LogP contribution is -2.50. The van der Waals surface area contributed by atoms with E-state index in [2.05, 4.69) is 29.4 Å². The molecule has 10 nitrogen and oxygen atoms in total. The van der Waals surface area contributed by atoms with Crippen molar-refractivity contribution < 1.29 is 22.7 Å². The number of hydrogen-bond acceptors (Lipinski definition) is 8. The number of nitrogens with zero attached hydrogens (tertiary/aromatic N) is 4. The van der Waals surface area contributed by atoms with Crippen LogP contribution in [0.5, 0.6) is 5.75 Å². The summed E-state index contributed by atoms with van der Waals surface area (Å²) < 4.78 is 32.1. The Balaban J connectivity index is 1.45. The SMILES string of the molecule is COc1ccc(S(=O)(=O)N2CCN(C(=O)CCC(=O)Nc3nnc(CC(C)C)s3)CC2)cc1. The van der Waals surface area contributed by atoms with Crippen LogP contribution < -0.4 is 10.1 Å². The number of hydrogen-bond donors (Lipinski definition) is 1. The van der Waals surface area contributed by atoms with E-state index >= 15 is 0 Å². The predicted octanol–water partition coefficient (Wildman–Crippen LogP) is 2.00. The number of aromatic nitrogens is 2. The average molecular weight is 496 g/mol. The molecule has 180 valence electrons. The van der Waals surface area contributed by atoms with Gasteiger partial charge >= 0.3 is 0 Å². The molecule has 1 saturated heterocycles. The Hall–Kier alpha value is -2.57. The molecule has 0 saturated carbocycles. The largest absolute Gasteiger partial charge is 0.497 e. The fourth-order valence-electron chi connectivity index (χ4n) is 3.37. The summed E-state index contributed by atoms with van der Waals surface area (Å²) in [7, 11) is -2.12. The van der Waals surface area contributed by atoms with Crippen molar-refractivity contribution in [1.82, 2.24) is 19.4 Å². The molecule has 1 aromatic heterocycles. The van der Waals surface area contributed by atoms with Gasteiger partial charge in [-0.25, -0.2) is 8.42 Å². The molecule has 0 aliphatic carbocycles. The molecule has 0 spiro atoms. The van der Waals surface area contributed by atoms with Crippen LogP contribution in [0.3, 0.4) is 0 Å². The number of amides is 2. The summed E-state index contributed by atoms with van der Waals surface area (Å²) in [6.45, 7) is 5.14. The van der Waals surface area contributed by atoms with Crippen molar-refractivity contribution in [2.45, 2.75) is 38.0 Å². The first-order valence-corrected chi connectivity index (χ1v) is 13.0. The summed E-state index contributed by atoms with van der Waals surface area (Å²) in [5.41, 5.74) is 0. The number of anilines is 1. The van der Waals surface area contributed by atoms with E-state index in [-0.39, 0.29) is 55.7 Å². The molecule has 3 rings (SSSR count). The zero-order chi connectivity index (χ0) is 24.0. The normalized spacial score (nSPS) is 15.0. The molecule has 1 aromatic carbocycles. The van der Waals surface area contributed by atoms with E-state index in [1.807, 2.05) is 0 Å². The Morgan fingerprint density at radius 1 is 1.09 bits per heavy atom. The van der Waals surface area contributed by atoms with Gasteiger partial charge in [0, 0.05) is 45.4 Å². The lowest BCUT2D eigenvalue weighted by Gasteiger charge is -2.34. The first-order chi connectivity index (χ1) is 15.7. The van der Waals surface area contributed by atoms with Gasteiger partial charge in [0.05, 0.1) is 12.0 Å². The summed E-state index contributed by atoms with van der Waals surface area (Å²) in [4.78, 5) is 26.5. The quantitative estimate of drug-likeness (QED) is 0.565. The summed E-state index contributed by atoms with van der Waals surface area (Å²) in [6, 6.07) is 6.22. The molecule has 0 radical (unpaired) electrons. The number of carbonyl (C=O) groups excluding carboxylic acids is 2. The number of ether oxygens (including phenoxy) is 1. The van der Waals surface area contributed by atoms with Gasteiger partial charge in [-0.15, -0.1) is 10.2 Å². The molecule has 12 heteroatoms. The topological polar surface area (TPSA) is 122 Å². The molecule has 33 heavy (non-hydrogen) atoms. The second-order valence-electron chi connectivity index (χ2n) is 8.11. The molecular weight excluding hydrogens is 466 g/mol. The van der Waals surface area contributed by atoms with Crippen molar-refractivity contribution in [2.24, 2.45) is 5.92 Å². The minimum atomic E-state index is -3.64. The molecule has 1 aliphatic heterocycles. The first kappa shape index (κ1) is 25.1. The smallest absolute Gasteiger partial charge is 0.243 e. The maximum atomic E-state index is 12.8. The summed E-state index contributed by atoms with van der Waals surface area (Å²) in [5.74, 6) is 0.557. The van der Waals surface area contributed by atoms with Gasteiger partial charge in [0.15, 0.2) is 0 Å². The van der Waals surface area contributed by atoms with Gasteiger partial charge < -0.3 is 15.0 Å². The van der Waals surface area contributed by atoms with E-state index in [1.54, 1.807) is 17.0 Å². The lowest BCUT2D eigenvalue weighted by molar-refractivity contribution is -0.133. The molecule has 0 bridgehead atoms. The highest BCUT2D eigenvalue weighted by Crippen LogP contribution is 2.21. The van der Waals surface area contributed by atoms with Gasteiger partial charge in [-0.3, -0.25) is 9.59 Å². The Morgan fingerprint density at radius 2 is 1.76 bits per heavy atom. The molecule has 1 fully saturated rings. The van der Waals surface area contributed by atoms with Crippen LogP contribution in [0.15, 0.2) is 29.2 Å². The van der Waals surface area contributed by atoms with Crippen LogP contribution in [0.2, 0.25) is 0 Å². The number of rotatable bonds is 9. The van der Waals surface area contributed by atoms with Crippen molar-refractivity contribution in [2.75, 3.05) is 38.6 Å². The monoisotopic (exact) mass is 495 g/mol. The highest BCUT2D eigenvalue weighted by molar-refractivity contribution is 7.89. The standard InChI is InChI=1S/C21H29N5O5S2/c1-15(2)14-19-23-24-21(32-19)22-18(27)8-9-20(28)25-10-12-26(13-11-25)33(29,30)17-6-4-16(31-3)5-7-17/h4-7,15H,8-14H2,1-3H3,(H,22,24,27). The molecular formula is C21H29N5O5S2. The molecule has 2 heterocycles. The van der Waals surface area contributed by atoms with Gasteiger partial charge in [0.2, 0.25) is 27.0 Å². The van der Waals surface area contributed by atoms with Crippen LogP contribution in [-0.4, -0.2) is 72.9 Å². The second kappa shape index (κ2) is 11.0. The second-order valence-corrected chi connectivity index (χ2v) is 11.1. The van der Waals surface area contributed by atoms with Crippen LogP contribution in [0.25, 0.3) is 0 Å². The van der Waals surface area contributed by atoms with Gasteiger partial charge in [-0.1, -0.05) is 25.2 Å². The van der Waals surface area contributed by atoms with Crippen LogP contribution >= 0.6 is 11.3 Å². The number of methoxy groups -OCH3 is 1. The summed E-state index contributed by atoms with van der Waals surface area (Å²) >= 11 is 1.34. The Bertz CT molecular complexity index is 1060. The highest BCUT2D eigenvalue weighted by atomic mass is 32.2. The van der Waals surface area contributed by atoms with Crippen LogP contribution in [-0.2, 0) is 26.0 Å². The molecule has 2 aromatic rings. The zero-order valence-corrected chi connectivity index (χ0v) is 20.6. The third kappa shape index (κ3) is 6.71. The maximum Gasteiger partial charge on any atom is 0.243 e. The molecule has 2 amide bonds. The third-order valence-corrected chi connectivity index (χ3v) is 7.92. The minimum absolute atomic E-state index is 0.0300. The number of nitrogens with one attached hydrogen (secondary N) is 1. The van der Waals surface area contributed by atoms with E-state index in [0.29, 0.717) is 16.8 Å². The van der Waals surface area contributed by atoms with Gasteiger partial charge in [0.25, 0.3) is 0 Å². The lowest BCUT2D eigenvalue weighted by atomic mass is 10.1. The van der Waals surface area contributed by atoms with Crippen LogP contribution in [0.4, 0.5) is 5.13 Å². The van der Waals surface area contributed by atoms with E-state index < -0.39 is 10.0 Å². The predicted molar refractivity (Wildman–Crippen MR) is 125 cm³/mol. The van der Waals surface area contributed by atoms with E-state index in [9.17, 15) is 18.0 Å². The number of carbonyl (C=O) groups is 2. The van der Waals surface area contributed by atoms with E-state index in [0.717, 1.165) is 11.4 Å². The van der Waals surface area contributed by atoms with Crippen molar-refractivity contribution in [3.8, 4) is 5.75 Å². The minimum Gasteiger partial charge on any atom is -0.497 e. The first-order valence-electron chi connectivity index (χ1n) is 10.7. The molecule has 1 aliphatic rings. The van der Waals surface area contributed by atoms with Gasteiger partial charge in [-0.05, 0) is 30.2 Å². The zero-order valence-electron chi connectivity index (χ0n) is 19.0. The summed E-state index contributed by atoms with van der Waals surface area (Å²) in [5, 5.41) is 12.0. The average Bonchev–Trinajstić information content (AvgIpc) is 3.23. The number of piperazine rings is 1. The van der Waals surface area contributed by atoms with Crippen LogP contribution in [0, 0.1) is 5.92 Å². The van der Waals surface area contributed by atoms with Crippen LogP contribution in [0.1, 0.15) is 31.7 Å². The Morgan fingerprint density at radius 3 is 2.36 bits per heavy atom. The molecule has 0 atom stereocenters.